The van der Waals surface area contributed by atoms with E-state index in [1.807, 2.05) is 5.38 Å². The standard InChI is InChI=1S/C19H26N4O3S2/c24-14(23-26)9-5-6-10-20-17(25)15-16(13-7-3-1-2-4-8-13)28-19(22-15)18-21-11-12-27-18/h11-13,26H,1-10H2,(H,20,25)(H,23,24). The molecule has 3 rings (SSSR count). The molecule has 0 aromatic carbocycles. The number of hydrogen-bond acceptors (Lipinski definition) is 7. The summed E-state index contributed by atoms with van der Waals surface area (Å²) in [4.78, 5) is 34.0. The molecule has 0 unspecified atom stereocenters. The summed E-state index contributed by atoms with van der Waals surface area (Å²) >= 11 is 3.14. The molecule has 2 aromatic heterocycles. The molecular weight excluding hydrogens is 396 g/mol. The SMILES string of the molecule is O=C(CCCCNC(=O)c1nc(-c2nccs2)sc1C1CCCCCC1)NO. The number of unbranched alkanes of at least 4 members (excludes halogenated alkanes) is 1. The lowest BCUT2D eigenvalue weighted by atomic mass is 9.97. The van der Waals surface area contributed by atoms with E-state index in [1.165, 1.54) is 37.0 Å². The molecule has 0 saturated heterocycles. The molecule has 9 heteroatoms. The number of hydrogen-bond donors (Lipinski definition) is 3. The van der Waals surface area contributed by atoms with Crippen molar-refractivity contribution >= 4 is 34.5 Å². The third kappa shape index (κ3) is 5.59. The Hall–Kier alpha value is -1.84. The van der Waals surface area contributed by atoms with Gasteiger partial charge < -0.3 is 5.32 Å². The molecule has 152 valence electrons. The van der Waals surface area contributed by atoms with Gasteiger partial charge in [-0.05, 0) is 31.6 Å². The summed E-state index contributed by atoms with van der Waals surface area (Å²) in [6.07, 6.45) is 10.4. The third-order valence-electron chi connectivity index (χ3n) is 4.95. The van der Waals surface area contributed by atoms with E-state index in [0.29, 0.717) is 31.0 Å². The highest BCUT2D eigenvalue weighted by Crippen LogP contribution is 2.39. The Bertz CT molecular complexity index is 768. The molecule has 2 heterocycles. The Labute approximate surface area is 172 Å². The van der Waals surface area contributed by atoms with Crippen LogP contribution in [0.3, 0.4) is 0 Å². The largest absolute Gasteiger partial charge is 0.351 e. The van der Waals surface area contributed by atoms with Crippen LogP contribution >= 0.6 is 22.7 Å². The average molecular weight is 423 g/mol. The number of nitrogens with zero attached hydrogens (tertiary/aromatic N) is 2. The van der Waals surface area contributed by atoms with E-state index in [1.54, 1.807) is 23.0 Å². The van der Waals surface area contributed by atoms with Gasteiger partial charge in [0.1, 0.15) is 5.69 Å². The number of rotatable bonds is 8. The highest BCUT2D eigenvalue weighted by atomic mass is 32.1. The molecule has 3 N–H and O–H groups in total. The summed E-state index contributed by atoms with van der Waals surface area (Å²) < 4.78 is 0. The monoisotopic (exact) mass is 422 g/mol. The average Bonchev–Trinajstić information content (AvgIpc) is 3.31. The van der Waals surface area contributed by atoms with E-state index in [4.69, 9.17) is 5.21 Å². The summed E-state index contributed by atoms with van der Waals surface area (Å²) in [5.74, 6) is -0.165. The van der Waals surface area contributed by atoms with E-state index in [-0.39, 0.29) is 12.3 Å². The molecule has 2 amide bonds. The lowest BCUT2D eigenvalue weighted by Gasteiger charge is -2.13. The number of thiazole rings is 2. The van der Waals surface area contributed by atoms with Gasteiger partial charge in [-0.2, -0.15) is 0 Å². The lowest BCUT2D eigenvalue weighted by molar-refractivity contribution is -0.129. The van der Waals surface area contributed by atoms with Gasteiger partial charge in [-0.25, -0.2) is 15.4 Å². The predicted octanol–water partition coefficient (Wildman–Crippen LogP) is 4.11. The maximum absolute atomic E-state index is 12.8. The van der Waals surface area contributed by atoms with Crippen LogP contribution in [0.2, 0.25) is 0 Å². The van der Waals surface area contributed by atoms with Crippen LogP contribution in [0, 0.1) is 0 Å². The fraction of sp³-hybridized carbons (Fsp3) is 0.579. The Morgan fingerprint density at radius 3 is 2.61 bits per heavy atom. The van der Waals surface area contributed by atoms with Crippen molar-refractivity contribution in [2.24, 2.45) is 0 Å². The lowest BCUT2D eigenvalue weighted by Crippen LogP contribution is -2.26. The summed E-state index contributed by atoms with van der Waals surface area (Å²) in [6.45, 7) is 0.478. The zero-order valence-corrected chi connectivity index (χ0v) is 17.4. The van der Waals surface area contributed by atoms with Crippen LogP contribution < -0.4 is 10.8 Å². The number of nitrogens with one attached hydrogen (secondary N) is 2. The Morgan fingerprint density at radius 1 is 1.14 bits per heavy atom. The normalized spacial score (nSPS) is 15.2. The van der Waals surface area contributed by atoms with Gasteiger partial charge in [-0.15, -0.1) is 22.7 Å². The maximum Gasteiger partial charge on any atom is 0.271 e. The predicted molar refractivity (Wildman–Crippen MR) is 110 cm³/mol. The van der Waals surface area contributed by atoms with E-state index in [0.717, 1.165) is 27.7 Å². The molecule has 1 aliphatic carbocycles. The first-order valence-corrected chi connectivity index (χ1v) is 11.5. The molecule has 1 saturated carbocycles. The minimum atomic E-state index is -0.408. The van der Waals surface area contributed by atoms with Crippen molar-refractivity contribution in [1.82, 2.24) is 20.8 Å². The van der Waals surface area contributed by atoms with Gasteiger partial charge in [-0.3, -0.25) is 14.8 Å². The fourth-order valence-corrected chi connectivity index (χ4v) is 5.40. The zero-order chi connectivity index (χ0) is 19.8. The van der Waals surface area contributed by atoms with Crippen LogP contribution in [0.4, 0.5) is 0 Å². The van der Waals surface area contributed by atoms with Crippen LogP contribution in [-0.2, 0) is 4.79 Å². The number of hydroxylamine groups is 1. The fourth-order valence-electron chi connectivity index (χ4n) is 3.49. The molecule has 0 bridgehead atoms. The third-order valence-corrected chi connectivity index (χ3v) is 7.08. The molecule has 0 atom stereocenters. The van der Waals surface area contributed by atoms with Crippen molar-refractivity contribution in [3.8, 4) is 10.0 Å². The Morgan fingerprint density at radius 2 is 1.93 bits per heavy atom. The second kappa shape index (κ2) is 10.6. The van der Waals surface area contributed by atoms with Crippen LogP contribution in [-0.4, -0.2) is 33.5 Å². The number of aromatic nitrogens is 2. The first-order valence-electron chi connectivity index (χ1n) is 9.80. The van der Waals surface area contributed by atoms with Gasteiger partial charge in [0.15, 0.2) is 10.0 Å². The van der Waals surface area contributed by atoms with Crippen molar-refractivity contribution in [3.63, 3.8) is 0 Å². The molecule has 1 aliphatic rings. The number of carbonyl (C=O) groups excluding carboxylic acids is 2. The molecule has 0 radical (unpaired) electrons. The Balaban J connectivity index is 1.68. The quantitative estimate of drug-likeness (QED) is 0.257. The van der Waals surface area contributed by atoms with Gasteiger partial charge in [0, 0.05) is 29.4 Å². The van der Waals surface area contributed by atoms with E-state index < -0.39 is 5.91 Å². The van der Waals surface area contributed by atoms with Crippen LogP contribution in [0.25, 0.3) is 10.0 Å². The summed E-state index contributed by atoms with van der Waals surface area (Å²) in [5, 5.41) is 15.0. The molecule has 28 heavy (non-hydrogen) atoms. The van der Waals surface area contributed by atoms with E-state index in [9.17, 15) is 9.59 Å². The molecule has 7 nitrogen and oxygen atoms in total. The van der Waals surface area contributed by atoms with Crippen LogP contribution in [0.5, 0.6) is 0 Å². The minimum Gasteiger partial charge on any atom is -0.351 e. The zero-order valence-electron chi connectivity index (χ0n) is 15.8. The van der Waals surface area contributed by atoms with Crippen molar-refractivity contribution in [2.75, 3.05) is 6.54 Å². The summed E-state index contributed by atoms with van der Waals surface area (Å²) in [7, 11) is 0. The second-order valence-corrected chi connectivity index (χ2v) is 8.93. The van der Waals surface area contributed by atoms with Crippen LogP contribution in [0.1, 0.15) is 79.1 Å². The Kier molecular flexibility index (Phi) is 7.93. The maximum atomic E-state index is 12.8. The van der Waals surface area contributed by atoms with E-state index >= 15 is 0 Å². The van der Waals surface area contributed by atoms with Crippen molar-refractivity contribution < 1.29 is 14.8 Å². The van der Waals surface area contributed by atoms with E-state index in [2.05, 4.69) is 15.3 Å². The van der Waals surface area contributed by atoms with Crippen LogP contribution in [0.15, 0.2) is 11.6 Å². The van der Waals surface area contributed by atoms with Gasteiger partial charge in [-0.1, -0.05) is 25.7 Å². The number of carbonyl (C=O) groups is 2. The van der Waals surface area contributed by atoms with Crippen molar-refractivity contribution in [1.29, 1.82) is 0 Å². The minimum absolute atomic E-state index is 0.148. The first kappa shape index (κ1) is 20.9. The van der Waals surface area contributed by atoms with Gasteiger partial charge in [0.05, 0.1) is 0 Å². The summed E-state index contributed by atoms with van der Waals surface area (Å²) in [6, 6.07) is 0. The summed E-state index contributed by atoms with van der Waals surface area (Å²) in [5.41, 5.74) is 2.15. The van der Waals surface area contributed by atoms with Gasteiger partial charge >= 0.3 is 0 Å². The van der Waals surface area contributed by atoms with Crippen molar-refractivity contribution in [3.05, 3.63) is 22.1 Å². The highest BCUT2D eigenvalue weighted by Gasteiger charge is 2.26. The topological polar surface area (TPSA) is 104 Å². The molecular formula is C19H26N4O3S2. The van der Waals surface area contributed by atoms with Gasteiger partial charge in [0.2, 0.25) is 5.91 Å². The van der Waals surface area contributed by atoms with Gasteiger partial charge in [0.25, 0.3) is 5.91 Å². The smallest absolute Gasteiger partial charge is 0.271 e. The second-order valence-electron chi connectivity index (χ2n) is 7.01. The van der Waals surface area contributed by atoms with Crippen molar-refractivity contribution in [2.45, 2.75) is 63.7 Å². The molecule has 0 aliphatic heterocycles. The molecule has 2 aromatic rings. The first-order chi connectivity index (χ1) is 13.7. The number of amides is 2. The molecule has 0 spiro atoms. The highest BCUT2D eigenvalue weighted by molar-refractivity contribution is 7.20. The molecule has 1 fully saturated rings.